The summed E-state index contributed by atoms with van der Waals surface area (Å²) in [6.45, 7) is 1.93. The first-order valence-electron chi connectivity index (χ1n) is 5.19. The molecule has 17 heavy (non-hydrogen) atoms. The molecule has 0 aromatic rings. The molecule has 7 heteroatoms. The second-order valence-corrected chi connectivity index (χ2v) is 8.74. The van der Waals surface area contributed by atoms with Gasteiger partial charge in [-0.3, -0.25) is 0 Å². The maximum Gasteiger partial charge on any atom is 0.115 e. The summed E-state index contributed by atoms with van der Waals surface area (Å²) < 4.78 is 0. The highest BCUT2D eigenvalue weighted by Crippen LogP contribution is 2.74. The highest BCUT2D eigenvalue weighted by Gasteiger charge is 2.76. The summed E-state index contributed by atoms with van der Waals surface area (Å²) in [6, 6.07) is 0. The van der Waals surface area contributed by atoms with Gasteiger partial charge in [0.1, 0.15) is 9.67 Å². The molecule has 2 aliphatic rings. The Labute approximate surface area is 136 Å². The molecule has 0 saturated heterocycles. The molecular formula is C10H11Cl7. The van der Waals surface area contributed by atoms with E-state index in [0.717, 1.165) is 0 Å². The largest absolute Gasteiger partial charge is 0.123 e. The van der Waals surface area contributed by atoms with E-state index in [2.05, 4.69) is 0 Å². The minimum absolute atomic E-state index is 0.0895. The smallest absolute Gasteiger partial charge is 0.115 e. The monoisotopic (exact) mass is 376 g/mol. The number of hydrogen-bond donors (Lipinski definition) is 0. The van der Waals surface area contributed by atoms with Crippen LogP contribution in [0.3, 0.4) is 0 Å². The highest BCUT2D eigenvalue weighted by atomic mass is 35.5. The molecular weight excluding hydrogens is 368 g/mol. The van der Waals surface area contributed by atoms with E-state index in [1.807, 2.05) is 6.92 Å². The Hall–Kier alpha value is 2.03. The van der Waals surface area contributed by atoms with Crippen LogP contribution in [0, 0.1) is 16.7 Å². The summed E-state index contributed by atoms with van der Waals surface area (Å²) in [6.07, 6.45) is 0.584. The van der Waals surface area contributed by atoms with Gasteiger partial charge < -0.3 is 0 Å². The van der Waals surface area contributed by atoms with E-state index >= 15 is 0 Å². The Morgan fingerprint density at radius 2 is 1.53 bits per heavy atom. The molecule has 0 spiro atoms. The van der Waals surface area contributed by atoms with Gasteiger partial charge in [-0.15, -0.1) is 81.2 Å². The zero-order chi connectivity index (χ0) is 13.2. The van der Waals surface area contributed by atoms with Crippen molar-refractivity contribution < 1.29 is 0 Å². The maximum absolute atomic E-state index is 6.43. The van der Waals surface area contributed by atoms with Crippen LogP contribution in [0.4, 0.5) is 0 Å². The Bertz CT molecular complexity index is 320. The van der Waals surface area contributed by atoms with Gasteiger partial charge in [0, 0.05) is 22.1 Å². The van der Waals surface area contributed by atoms with Crippen LogP contribution in [-0.4, -0.2) is 25.8 Å². The molecule has 100 valence electrons. The van der Waals surface area contributed by atoms with Crippen molar-refractivity contribution in [2.75, 3.05) is 0 Å². The van der Waals surface area contributed by atoms with Crippen molar-refractivity contribution in [1.82, 2.24) is 0 Å². The minimum atomic E-state index is -0.704. The van der Waals surface area contributed by atoms with Gasteiger partial charge in [-0.05, 0) is 6.42 Å². The molecule has 2 saturated carbocycles. The van der Waals surface area contributed by atoms with Gasteiger partial charge >= 0.3 is 0 Å². The van der Waals surface area contributed by atoms with E-state index in [1.54, 1.807) is 0 Å². The molecule has 0 amide bonds. The third-order valence-corrected chi connectivity index (χ3v) is 8.00. The van der Waals surface area contributed by atoms with Crippen LogP contribution in [0.1, 0.15) is 13.3 Å². The molecule has 6 atom stereocenters. The van der Waals surface area contributed by atoms with Crippen LogP contribution >= 0.6 is 81.2 Å². The maximum atomic E-state index is 6.43. The molecule has 0 heterocycles. The first kappa shape index (κ1) is 15.4. The molecule has 2 aliphatic carbocycles. The first-order valence-corrected chi connectivity index (χ1v) is 8.25. The summed E-state index contributed by atoms with van der Waals surface area (Å²) in [4.78, 5) is -1.37. The summed E-state index contributed by atoms with van der Waals surface area (Å²) >= 11 is 43.8. The third-order valence-electron chi connectivity index (χ3n) is 4.58. The average Bonchev–Trinajstić information content (AvgIpc) is 2.54. The zero-order valence-electron chi connectivity index (χ0n) is 8.82. The van der Waals surface area contributed by atoms with Gasteiger partial charge in [0.05, 0.1) is 10.8 Å². The predicted molar refractivity (Wildman–Crippen MR) is 78.6 cm³/mol. The number of hydrogen-bond acceptors (Lipinski definition) is 0. The van der Waals surface area contributed by atoms with Crippen LogP contribution in [0.25, 0.3) is 0 Å². The summed E-state index contributed by atoms with van der Waals surface area (Å²) in [5, 5.41) is -0.857. The van der Waals surface area contributed by atoms with E-state index < -0.39 is 20.5 Å². The lowest BCUT2D eigenvalue weighted by Crippen LogP contribution is -2.47. The van der Waals surface area contributed by atoms with Gasteiger partial charge in [0.2, 0.25) is 0 Å². The number of fused-ring (bicyclic) bond motifs is 2. The van der Waals surface area contributed by atoms with Crippen molar-refractivity contribution in [3.63, 3.8) is 0 Å². The molecule has 0 radical (unpaired) electrons. The van der Waals surface area contributed by atoms with E-state index in [4.69, 9.17) is 81.2 Å². The van der Waals surface area contributed by atoms with E-state index in [1.165, 1.54) is 0 Å². The Morgan fingerprint density at radius 1 is 1.00 bits per heavy atom. The van der Waals surface area contributed by atoms with Crippen LogP contribution < -0.4 is 0 Å². The van der Waals surface area contributed by atoms with Gasteiger partial charge in [-0.1, -0.05) is 6.92 Å². The quantitative estimate of drug-likeness (QED) is 0.561. The van der Waals surface area contributed by atoms with Crippen LogP contribution in [0.2, 0.25) is 0 Å². The van der Waals surface area contributed by atoms with Gasteiger partial charge in [0.25, 0.3) is 0 Å². The molecule has 2 bridgehead atoms. The summed E-state index contributed by atoms with van der Waals surface area (Å²) in [7, 11) is 0. The van der Waals surface area contributed by atoms with Crippen molar-refractivity contribution >= 4 is 81.2 Å². The molecule has 0 aromatic heterocycles. The lowest BCUT2D eigenvalue weighted by atomic mass is 9.70. The van der Waals surface area contributed by atoms with Crippen molar-refractivity contribution in [1.29, 1.82) is 0 Å². The van der Waals surface area contributed by atoms with Gasteiger partial charge in [-0.25, -0.2) is 0 Å². The van der Waals surface area contributed by atoms with Crippen molar-refractivity contribution in [3.05, 3.63) is 0 Å². The lowest BCUT2D eigenvalue weighted by molar-refractivity contribution is 0.140. The van der Waals surface area contributed by atoms with Crippen LogP contribution in [0.5, 0.6) is 0 Å². The van der Waals surface area contributed by atoms with Crippen molar-refractivity contribution in [2.24, 2.45) is 16.7 Å². The molecule has 0 aliphatic heterocycles. The second kappa shape index (κ2) is 4.79. The van der Waals surface area contributed by atoms with E-state index in [-0.39, 0.29) is 22.0 Å². The lowest BCUT2D eigenvalue weighted by Gasteiger charge is -2.44. The number of alkyl halides is 7. The van der Waals surface area contributed by atoms with Gasteiger partial charge in [-0.2, -0.15) is 0 Å². The third kappa shape index (κ3) is 1.71. The van der Waals surface area contributed by atoms with Crippen molar-refractivity contribution in [3.8, 4) is 0 Å². The molecule has 0 nitrogen and oxygen atoms in total. The van der Waals surface area contributed by atoms with Gasteiger partial charge in [0.15, 0.2) is 0 Å². The first-order chi connectivity index (χ1) is 7.71. The molecule has 2 rings (SSSR count). The van der Waals surface area contributed by atoms with Crippen LogP contribution in [-0.2, 0) is 0 Å². The minimum Gasteiger partial charge on any atom is -0.123 e. The summed E-state index contributed by atoms with van der Waals surface area (Å²) in [5.41, 5.74) is -1.22. The molecule has 0 N–H and O–H groups in total. The normalized spacial score (nSPS) is 54.0. The number of rotatable bonds is 2. The van der Waals surface area contributed by atoms with Crippen LogP contribution in [0.15, 0.2) is 0 Å². The molecule has 2 unspecified atom stereocenters. The second-order valence-electron chi connectivity index (χ2n) is 5.02. The number of halogens is 7. The predicted octanol–water partition coefficient (Wildman–Crippen LogP) is 5.44. The summed E-state index contributed by atoms with van der Waals surface area (Å²) in [5.74, 6) is -0.0895. The fraction of sp³-hybridized carbons (Fsp3) is 1.00. The molecule has 0 aromatic carbocycles. The zero-order valence-corrected chi connectivity index (χ0v) is 14.1. The Balaban J connectivity index is 2.59. The Kier molecular flexibility index (Phi) is 4.35. The highest BCUT2D eigenvalue weighted by molar-refractivity contribution is 6.48. The fourth-order valence-electron chi connectivity index (χ4n) is 3.55. The Morgan fingerprint density at radius 3 is 1.88 bits per heavy atom. The van der Waals surface area contributed by atoms with E-state index in [9.17, 15) is 0 Å². The SMILES string of the molecule is CC1(C(Cl)Cl)[C@@H]2[C@@H](Cl)[C@H](Cl)C1(C(Cl)Cl)C[C@@H]2Cl. The van der Waals surface area contributed by atoms with Crippen molar-refractivity contribution in [2.45, 2.75) is 39.1 Å². The van der Waals surface area contributed by atoms with E-state index in [0.29, 0.717) is 6.42 Å². The fourth-order valence-corrected chi connectivity index (χ4v) is 7.32. The average molecular weight is 379 g/mol. The topological polar surface area (TPSA) is 0 Å². The molecule has 2 fully saturated rings. The standard InChI is InChI=1S/C10H11Cl7/c1-9(7(14)15)4-3(11)2-10(9,8(16)17)6(13)5(4)12/h3-8H,2H2,1H3/t3-,4-,5+,6-,9?,10?/m0/s1.